The third kappa shape index (κ3) is 1.89. The van der Waals surface area contributed by atoms with Gasteiger partial charge in [0.25, 0.3) is 0 Å². The molecule has 2 aliphatic rings. The Kier molecular flexibility index (Phi) is 2.90. The van der Waals surface area contributed by atoms with Gasteiger partial charge in [0, 0.05) is 13.0 Å². The standard InChI is InChI=1S/C10H12Cl2F3NO2/c1-7(4-9(7,11)12)6(17)16-3-2-8(18,5-16)10(13,14)15/h18H,2-5H2,1H3/t7-,8+/m1/s1. The molecule has 3 nitrogen and oxygen atoms in total. The molecule has 0 aromatic rings. The Morgan fingerprint density at radius 2 is 1.89 bits per heavy atom. The zero-order valence-corrected chi connectivity index (χ0v) is 11.0. The van der Waals surface area contributed by atoms with Gasteiger partial charge < -0.3 is 10.0 Å². The van der Waals surface area contributed by atoms with E-state index in [2.05, 4.69) is 0 Å². The first-order valence-corrected chi connectivity index (χ1v) is 6.15. The fraction of sp³-hybridized carbons (Fsp3) is 0.900. The molecule has 0 radical (unpaired) electrons. The quantitative estimate of drug-likeness (QED) is 0.754. The number of halogens is 5. The fourth-order valence-electron chi connectivity index (χ4n) is 2.18. The number of alkyl halides is 5. The lowest BCUT2D eigenvalue weighted by Crippen LogP contribution is -2.49. The van der Waals surface area contributed by atoms with Crippen LogP contribution in [0.25, 0.3) is 0 Å². The number of carbonyl (C=O) groups excluding carboxylic acids is 1. The smallest absolute Gasteiger partial charge is 0.379 e. The second-order valence-electron chi connectivity index (χ2n) is 5.22. The summed E-state index contributed by atoms with van der Waals surface area (Å²) in [5.41, 5.74) is -3.87. The largest absolute Gasteiger partial charge is 0.419 e. The van der Waals surface area contributed by atoms with E-state index in [1.54, 1.807) is 0 Å². The minimum absolute atomic E-state index is 0.145. The fourth-order valence-corrected chi connectivity index (χ4v) is 2.88. The van der Waals surface area contributed by atoms with E-state index in [1.807, 2.05) is 0 Å². The van der Waals surface area contributed by atoms with Crippen LogP contribution in [0.1, 0.15) is 19.8 Å². The lowest BCUT2D eigenvalue weighted by molar-refractivity contribution is -0.253. The Morgan fingerprint density at radius 1 is 1.39 bits per heavy atom. The molecule has 0 spiro atoms. The molecule has 0 bridgehead atoms. The molecule has 2 fully saturated rings. The maximum absolute atomic E-state index is 12.6. The van der Waals surface area contributed by atoms with Crippen LogP contribution in [0.3, 0.4) is 0 Å². The first-order chi connectivity index (χ1) is 7.93. The molecule has 1 saturated carbocycles. The molecule has 2 atom stereocenters. The molecule has 1 aliphatic heterocycles. The van der Waals surface area contributed by atoms with Crippen LogP contribution in [-0.2, 0) is 4.79 Å². The molecule has 0 aromatic carbocycles. The molecule has 1 heterocycles. The number of hydrogen-bond acceptors (Lipinski definition) is 2. The topological polar surface area (TPSA) is 40.5 Å². The molecular formula is C10H12Cl2F3NO2. The lowest BCUT2D eigenvalue weighted by atomic mass is 10.0. The van der Waals surface area contributed by atoms with Crippen molar-refractivity contribution in [1.29, 1.82) is 0 Å². The van der Waals surface area contributed by atoms with E-state index in [1.165, 1.54) is 6.92 Å². The monoisotopic (exact) mass is 305 g/mol. The molecule has 8 heteroatoms. The number of nitrogens with zero attached hydrogens (tertiary/aromatic N) is 1. The van der Waals surface area contributed by atoms with E-state index in [0.29, 0.717) is 0 Å². The minimum atomic E-state index is -4.74. The highest BCUT2D eigenvalue weighted by molar-refractivity contribution is 6.53. The Labute approximate surface area is 112 Å². The highest BCUT2D eigenvalue weighted by atomic mass is 35.5. The molecule has 1 amide bonds. The van der Waals surface area contributed by atoms with Crippen LogP contribution in [0, 0.1) is 5.41 Å². The molecular weight excluding hydrogens is 294 g/mol. The van der Waals surface area contributed by atoms with Gasteiger partial charge in [-0.05, 0) is 13.3 Å². The van der Waals surface area contributed by atoms with Gasteiger partial charge >= 0.3 is 6.18 Å². The summed E-state index contributed by atoms with van der Waals surface area (Å²) < 4.78 is 36.6. The van der Waals surface area contributed by atoms with Crippen LogP contribution in [0.4, 0.5) is 13.2 Å². The van der Waals surface area contributed by atoms with Gasteiger partial charge in [-0.1, -0.05) is 0 Å². The third-order valence-corrected chi connectivity index (χ3v) is 4.89. The minimum Gasteiger partial charge on any atom is -0.379 e. The average Bonchev–Trinajstić information content (AvgIpc) is 2.59. The van der Waals surface area contributed by atoms with Crippen molar-refractivity contribution in [1.82, 2.24) is 4.90 Å². The normalized spacial score (nSPS) is 38.9. The van der Waals surface area contributed by atoms with E-state index < -0.39 is 40.4 Å². The Balaban J connectivity index is 2.09. The number of likely N-dealkylation sites (tertiary alicyclic amines) is 1. The van der Waals surface area contributed by atoms with Crippen LogP contribution in [0.5, 0.6) is 0 Å². The summed E-state index contributed by atoms with van der Waals surface area (Å²) in [5, 5.41) is 9.48. The molecule has 18 heavy (non-hydrogen) atoms. The van der Waals surface area contributed by atoms with Gasteiger partial charge in [0.05, 0.1) is 12.0 Å². The van der Waals surface area contributed by atoms with E-state index in [0.717, 1.165) is 4.90 Å². The SMILES string of the molecule is C[C@]1(C(=O)N2CC[C@@](O)(C(F)(F)F)C2)CC1(Cl)Cl. The lowest BCUT2D eigenvalue weighted by Gasteiger charge is -2.27. The maximum atomic E-state index is 12.6. The van der Waals surface area contributed by atoms with Crippen LogP contribution < -0.4 is 0 Å². The first-order valence-electron chi connectivity index (χ1n) is 5.39. The summed E-state index contributed by atoms with van der Waals surface area (Å²) in [5.74, 6) is -0.535. The Hall–Kier alpha value is -0.200. The molecule has 1 aliphatic carbocycles. The summed E-state index contributed by atoms with van der Waals surface area (Å²) >= 11 is 11.6. The number of rotatable bonds is 1. The van der Waals surface area contributed by atoms with Gasteiger partial charge in [-0.2, -0.15) is 13.2 Å². The Bertz CT molecular complexity index is 401. The second kappa shape index (κ2) is 3.67. The van der Waals surface area contributed by atoms with Crippen molar-refractivity contribution >= 4 is 29.1 Å². The van der Waals surface area contributed by atoms with Crippen molar-refractivity contribution in [3.63, 3.8) is 0 Å². The summed E-state index contributed by atoms with van der Waals surface area (Å²) in [7, 11) is 0. The van der Waals surface area contributed by atoms with Crippen molar-refractivity contribution in [3.8, 4) is 0 Å². The van der Waals surface area contributed by atoms with Gasteiger partial charge in [-0.3, -0.25) is 4.79 Å². The zero-order valence-electron chi connectivity index (χ0n) is 9.52. The molecule has 104 valence electrons. The number of aliphatic hydroxyl groups is 1. The van der Waals surface area contributed by atoms with Crippen LogP contribution in [0.15, 0.2) is 0 Å². The predicted molar refractivity (Wildman–Crippen MR) is 59.4 cm³/mol. The number of β-amino-alcohol motifs (C(OH)–C–C–N with tert-alkyl or cyclic N) is 1. The average molecular weight is 306 g/mol. The van der Waals surface area contributed by atoms with Crippen LogP contribution >= 0.6 is 23.2 Å². The van der Waals surface area contributed by atoms with Gasteiger partial charge in [-0.15, -0.1) is 23.2 Å². The van der Waals surface area contributed by atoms with Crippen molar-refractivity contribution < 1.29 is 23.1 Å². The molecule has 2 rings (SSSR count). The van der Waals surface area contributed by atoms with Crippen LogP contribution in [-0.4, -0.2) is 45.1 Å². The molecule has 1 saturated heterocycles. The van der Waals surface area contributed by atoms with E-state index in [4.69, 9.17) is 23.2 Å². The molecule has 1 N–H and O–H groups in total. The van der Waals surface area contributed by atoms with Crippen LogP contribution in [0.2, 0.25) is 0 Å². The van der Waals surface area contributed by atoms with E-state index in [-0.39, 0.29) is 13.0 Å². The van der Waals surface area contributed by atoms with Gasteiger partial charge in [-0.25, -0.2) is 0 Å². The summed E-state index contributed by atoms with van der Waals surface area (Å²) in [4.78, 5) is 13.0. The zero-order chi connectivity index (χ0) is 14.0. The second-order valence-corrected chi connectivity index (χ2v) is 6.70. The number of hydrogen-bond donors (Lipinski definition) is 1. The highest BCUT2D eigenvalue weighted by Gasteiger charge is 2.70. The first kappa shape index (κ1) is 14.2. The number of amides is 1. The molecule has 0 unspecified atom stereocenters. The van der Waals surface area contributed by atoms with Crippen molar-refractivity contribution in [2.45, 2.75) is 35.9 Å². The van der Waals surface area contributed by atoms with Crippen molar-refractivity contribution in [2.75, 3.05) is 13.1 Å². The maximum Gasteiger partial charge on any atom is 0.419 e. The van der Waals surface area contributed by atoms with E-state index in [9.17, 15) is 23.1 Å². The van der Waals surface area contributed by atoms with Gasteiger partial charge in [0.15, 0.2) is 5.60 Å². The van der Waals surface area contributed by atoms with Crippen molar-refractivity contribution in [2.24, 2.45) is 5.41 Å². The number of carbonyl (C=O) groups is 1. The predicted octanol–water partition coefficient (Wildman–Crippen LogP) is 2.10. The Morgan fingerprint density at radius 3 is 2.22 bits per heavy atom. The van der Waals surface area contributed by atoms with Gasteiger partial charge in [0.1, 0.15) is 4.33 Å². The van der Waals surface area contributed by atoms with Gasteiger partial charge in [0.2, 0.25) is 5.91 Å². The summed E-state index contributed by atoms with van der Waals surface area (Å²) in [6.45, 7) is 0.614. The summed E-state index contributed by atoms with van der Waals surface area (Å²) in [6, 6.07) is 0. The van der Waals surface area contributed by atoms with E-state index >= 15 is 0 Å². The third-order valence-electron chi connectivity index (χ3n) is 3.79. The summed E-state index contributed by atoms with van der Waals surface area (Å²) in [6.07, 6.45) is -5.05. The molecule has 0 aromatic heterocycles. The van der Waals surface area contributed by atoms with Crippen molar-refractivity contribution in [3.05, 3.63) is 0 Å². The highest BCUT2D eigenvalue weighted by Crippen LogP contribution is 2.64.